The van der Waals surface area contributed by atoms with Gasteiger partial charge in [-0.15, -0.1) is 0 Å². The Balaban J connectivity index is 1.87. The molecule has 0 saturated carbocycles. The van der Waals surface area contributed by atoms with Gasteiger partial charge >= 0.3 is 0 Å². The van der Waals surface area contributed by atoms with Crippen molar-refractivity contribution >= 4 is 11.6 Å². The molecular formula is C11H13N5O2. The van der Waals surface area contributed by atoms with Crippen molar-refractivity contribution in [1.82, 2.24) is 15.1 Å². The van der Waals surface area contributed by atoms with E-state index in [9.17, 15) is 0 Å². The molecule has 3 rings (SSSR count). The summed E-state index contributed by atoms with van der Waals surface area (Å²) >= 11 is 0. The molecule has 0 aliphatic carbocycles. The fourth-order valence-electron chi connectivity index (χ4n) is 1.80. The van der Waals surface area contributed by atoms with Crippen molar-refractivity contribution in [3.8, 4) is 11.6 Å². The van der Waals surface area contributed by atoms with Crippen molar-refractivity contribution in [2.24, 2.45) is 0 Å². The number of nitrogens with two attached hydrogens (primary N) is 1. The van der Waals surface area contributed by atoms with Gasteiger partial charge in [-0.2, -0.15) is 4.98 Å². The van der Waals surface area contributed by atoms with E-state index in [0.717, 1.165) is 13.1 Å². The summed E-state index contributed by atoms with van der Waals surface area (Å²) in [6.07, 6.45) is 1.64. The first-order valence-electron chi connectivity index (χ1n) is 5.72. The molecule has 1 saturated heterocycles. The van der Waals surface area contributed by atoms with E-state index in [4.69, 9.17) is 15.0 Å². The Kier molecular flexibility index (Phi) is 2.81. The standard InChI is InChI=1S/C11H13N5O2/c12-8-2-1-3-13-9(8)10-14-11(15-18-10)16-4-6-17-7-5-16/h1-3H,4-7,12H2. The maximum absolute atomic E-state index is 5.82. The van der Waals surface area contributed by atoms with Crippen molar-refractivity contribution in [2.75, 3.05) is 36.9 Å². The van der Waals surface area contributed by atoms with Crippen LogP contribution < -0.4 is 10.6 Å². The fraction of sp³-hybridized carbons (Fsp3) is 0.364. The number of nitrogens with zero attached hydrogens (tertiary/aromatic N) is 4. The van der Waals surface area contributed by atoms with Gasteiger partial charge in [0.2, 0.25) is 0 Å². The van der Waals surface area contributed by atoms with Crippen LogP contribution in [0, 0.1) is 0 Å². The quantitative estimate of drug-likeness (QED) is 0.828. The number of nitrogen functional groups attached to an aromatic ring is 1. The molecular weight excluding hydrogens is 234 g/mol. The first-order valence-corrected chi connectivity index (χ1v) is 5.72. The molecule has 3 heterocycles. The summed E-state index contributed by atoms with van der Waals surface area (Å²) in [5.74, 6) is 0.896. The highest BCUT2D eigenvalue weighted by Gasteiger charge is 2.19. The highest BCUT2D eigenvalue weighted by atomic mass is 16.5. The van der Waals surface area contributed by atoms with Crippen molar-refractivity contribution in [1.29, 1.82) is 0 Å². The van der Waals surface area contributed by atoms with Gasteiger partial charge in [-0.1, -0.05) is 0 Å². The Hall–Kier alpha value is -2.15. The van der Waals surface area contributed by atoms with Crippen molar-refractivity contribution in [2.45, 2.75) is 0 Å². The largest absolute Gasteiger partial charge is 0.397 e. The third-order valence-electron chi connectivity index (χ3n) is 2.75. The molecule has 2 aromatic heterocycles. The number of rotatable bonds is 2. The van der Waals surface area contributed by atoms with Crippen LogP contribution in [-0.2, 0) is 4.74 Å². The number of morpholine rings is 1. The number of hydrogen-bond acceptors (Lipinski definition) is 7. The molecule has 2 N–H and O–H groups in total. The van der Waals surface area contributed by atoms with E-state index in [1.807, 2.05) is 4.90 Å². The maximum Gasteiger partial charge on any atom is 0.280 e. The summed E-state index contributed by atoms with van der Waals surface area (Å²) in [5.41, 5.74) is 6.86. The van der Waals surface area contributed by atoms with Crippen LogP contribution in [-0.4, -0.2) is 41.4 Å². The number of pyridine rings is 1. The smallest absolute Gasteiger partial charge is 0.280 e. The Morgan fingerprint density at radius 2 is 2.11 bits per heavy atom. The zero-order valence-electron chi connectivity index (χ0n) is 9.74. The minimum Gasteiger partial charge on any atom is -0.397 e. The zero-order chi connectivity index (χ0) is 12.4. The normalized spacial score (nSPS) is 15.9. The topological polar surface area (TPSA) is 90.3 Å². The number of anilines is 2. The lowest BCUT2D eigenvalue weighted by atomic mass is 10.3. The molecule has 0 amide bonds. The molecule has 0 atom stereocenters. The van der Waals surface area contributed by atoms with Gasteiger partial charge in [-0.25, -0.2) is 4.98 Å². The Bertz CT molecular complexity index is 536. The fourth-order valence-corrected chi connectivity index (χ4v) is 1.80. The Morgan fingerprint density at radius 1 is 1.28 bits per heavy atom. The molecule has 0 bridgehead atoms. The van der Waals surface area contributed by atoms with Crippen LogP contribution in [0.1, 0.15) is 0 Å². The van der Waals surface area contributed by atoms with Crippen LogP contribution in [0.5, 0.6) is 0 Å². The van der Waals surface area contributed by atoms with Crippen molar-refractivity contribution < 1.29 is 9.26 Å². The second-order valence-corrected chi connectivity index (χ2v) is 3.94. The number of aromatic nitrogens is 3. The van der Waals surface area contributed by atoms with Crippen LogP contribution in [0.25, 0.3) is 11.6 Å². The second-order valence-electron chi connectivity index (χ2n) is 3.94. The van der Waals surface area contributed by atoms with E-state index in [2.05, 4.69) is 15.1 Å². The monoisotopic (exact) mass is 247 g/mol. The van der Waals surface area contributed by atoms with E-state index in [-0.39, 0.29) is 0 Å². The van der Waals surface area contributed by atoms with Gasteiger partial charge in [0.15, 0.2) is 5.69 Å². The molecule has 2 aromatic rings. The molecule has 0 unspecified atom stereocenters. The molecule has 0 radical (unpaired) electrons. The van der Waals surface area contributed by atoms with E-state index < -0.39 is 0 Å². The molecule has 1 aliphatic heterocycles. The van der Waals surface area contributed by atoms with Gasteiger partial charge in [0.05, 0.1) is 18.9 Å². The molecule has 7 heteroatoms. The molecule has 1 fully saturated rings. The van der Waals surface area contributed by atoms with Crippen LogP contribution >= 0.6 is 0 Å². The Labute approximate surface area is 104 Å². The number of hydrogen-bond donors (Lipinski definition) is 1. The van der Waals surface area contributed by atoms with E-state index >= 15 is 0 Å². The lowest BCUT2D eigenvalue weighted by molar-refractivity contribution is 0.121. The van der Waals surface area contributed by atoms with Crippen LogP contribution in [0.2, 0.25) is 0 Å². The summed E-state index contributed by atoms with van der Waals surface area (Å²) in [7, 11) is 0. The lowest BCUT2D eigenvalue weighted by Gasteiger charge is -2.24. The van der Waals surface area contributed by atoms with Gasteiger partial charge in [-0.3, -0.25) is 0 Å². The predicted molar refractivity (Wildman–Crippen MR) is 65.0 cm³/mol. The average molecular weight is 247 g/mol. The Morgan fingerprint density at radius 3 is 2.89 bits per heavy atom. The molecule has 18 heavy (non-hydrogen) atoms. The third-order valence-corrected chi connectivity index (χ3v) is 2.75. The first kappa shape index (κ1) is 11.0. The van der Waals surface area contributed by atoms with Gasteiger partial charge < -0.3 is 19.9 Å². The summed E-state index contributed by atoms with van der Waals surface area (Å²) in [6.45, 7) is 2.87. The average Bonchev–Trinajstić information content (AvgIpc) is 2.90. The summed E-state index contributed by atoms with van der Waals surface area (Å²) in [5, 5.41) is 3.95. The van der Waals surface area contributed by atoms with Crippen molar-refractivity contribution in [3.05, 3.63) is 18.3 Å². The zero-order valence-corrected chi connectivity index (χ0v) is 9.74. The molecule has 0 aromatic carbocycles. The number of ether oxygens (including phenoxy) is 1. The summed E-state index contributed by atoms with van der Waals surface area (Å²) in [4.78, 5) is 10.5. The summed E-state index contributed by atoms with van der Waals surface area (Å²) < 4.78 is 10.5. The summed E-state index contributed by atoms with van der Waals surface area (Å²) in [6, 6.07) is 3.51. The SMILES string of the molecule is Nc1cccnc1-c1nc(N2CCOCC2)no1. The van der Waals surface area contributed by atoms with E-state index in [1.165, 1.54) is 0 Å². The van der Waals surface area contributed by atoms with Crippen LogP contribution in [0.4, 0.5) is 11.6 Å². The van der Waals surface area contributed by atoms with Crippen LogP contribution in [0.15, 0.2) is 22.9 Å². The second kappa shape index (κ2) is 4.61. The molecule has 1 aliphatic rings. The lowest BCUT2D eigenvalue weighted by Crippen LogP contribution is -2.36. The van der Waals surface area contributed by atoms with Gasteiger partial charge in [0.25, 0.3) is 11.8 Å². The highest BCUT2D eigenvalue weighted by molar-refractivity contribution is 5.65. The molecule has 7 nitrogen and oxygen atoms in total. The maximum atomic E-state index is 5.82. The van der Waals surface area contributed by atoms with Gasteiger partial charge in [-0.05, 0) is 17.3 Å². The van der Waals surface area contributed by atoms with Gasteiger partial charge in [0, 0.05) is 19.3 Å². The first-order chi connectivity index (χ1) is 8.84. The van der Waals surface area contributed by atoms with E-state index in [1.54, 1.807) is 18.3 Å². The van der Waals surface area contributed by atoms with E-state index in [0.29, 0.717) is 36.4 Å². The molecule has 94 valence electrons. The highest BCUT2D eigenvalue weighted by Crippen LogP contribution is 2.23. The van der Waals surface area contributed by atoms with Crippen LogP contribution in [0.3, 0.4) is 0 Å². The molecule has 0 spiro atoms. The van der Waals surface area contributed by atoms with Gasteiger partial charge in [0.1, 0.15) is 0 Å². The minimum absolute atomic E-state index is 0.342. The predicted octanol–water partition coefficient (Wildman–Crippen LogP) is 0.550. The third kappa shape index (κ3) is 2.00. The minimum atomic E-state index is 0.342. The van der Waals surface area contributed by atoms with Crippen molar-refractivity contribution in [3.63, 3.8) is 0 Å².